The molecule has 0 heterocycles. The number of ether oxygens (including phenoxy) is 2. The van der Waals surface area contributed by atoms with Crippen molar-refractivity contribution in [2.75, 3.05) is 0 Å². The van der Waals surface area contributed by atoms with Crippen molar-refractivity contribution < 1.29 is 23.9 Å². The SMILES string of the molecule is C=C(C)C(=O)Oc1cc(C2c3ccccc3C(=O)c3ccc(C)cc32)c(OC(=O)C(=C)C)c2ccccc12. The fourth-order valence-corrected chi connectivity index (χ4v) is 4.85. The summed E-state index contributed by atoms with van der Waals surface area (Å²) in [6.07, 6.45) is 0. The molecule has 38 heavy (non-hydrogen) atoms. The van der Waals surface area contributed by atoms with Gasteiger partial charge in [-0.3, -0.25) is 4.79 Å². The van der Waals surface area contributed by atoms with Crippen molar-refractivity contribution in [1.29, 1.82) is 0 Å². The van der Waals surface area contributed by atoms with Gasteiger partial charge in [-0.15, -0.1) is 0 Å². The highest BCUT2D eigenvalue weighted by molar-refractivity contribution is 6.13. The molecule has 1 unspecified atom stereocenters. The second kappa shape index (κ2) is 9.60. The summed E-state index contributed by atoms with van der Waals surface area (Å²) in [6.45, 7) is 12.6. The fourth-order valence-electron chi connectivity index (χ4n) is 4.85. The standard InChI is InChI=1S/C33H26O5/c1-18(2)32(35)37-28-17-27(31(38-33(36)19(3)4)25-13-9-6-10-21(25)28)29-22-11-7-8-12-23(22)30(34)24-15-14-20(5)16-26(24)29/h6-17,29H,1,3H2,2,4-5H3. The summed E-state index contributed by atoms with van der Waals surface area (Å²) in [6, 6.07) is 22.1. The molecule has 1 atom stereocenters. The second-order valence-electron chi connectivity index (χ2n) is 9.62. The summed E-state index contributed by atoms with van der Waals surface area (Å²) < 4.78 is 11.8. The second-order valence-corrected chi connectivity index (χ2v) is 9.62. The van der Waals surface area contributed by atoms with Gasteiger partial charge in [-0.1, -0.05) is 85.5 Å². The molecule has 5 rings (SSSR count). The fraction of sp³-hybridized carbons (Fsp3) is 0.121. The highest BCUT2D eigenvalue weighted by Gasteiger charge is 2.35. The quantitative estimate of drug-likeness (QED) is 0.150. The molecule has 0 aromatic heterocycles. The Morgan fingerprint density at radius 2 is 1.32 bits per heavy atom. The van der Waals surface area contributed by atoms with Gasteiger partial charge >= 0.3 is 11.9 Å². The van der Waals surface area contributed by atoms with Crippen molar-refractivity contribution in [2.24, 2.45) is 0 Å². The number of aryl methyl sites for hydroxylation is 1. The Morgan fingerprint density at radius 3 is 2.03 bits per heavy atom. The van der Waals surface area contributed by atoms with Gasteiger partial charge < -0.3 is 9.47 Å². The van der Waals surface area contributed by atoms with Crippen molar-refractivity contribution in [3.63, 3.8) is 0 Å². The zero-order valence-corrected chi connectivity index (χ0v) is 21.5. The Kier molecular flexibility index (Phi) is 6.29. The van der Waals surface area contributed by atoms with E-state index in [9.17, 15) is 14.4 Å². The highest BCUT2D eigenvalue weighted by atomic mass is 16.5. The number of esters is 2. The van der Waals surface area contributed by atoms with Crippen LogP contribution in [0.1, 0.15) is 57.9 Å². The third-order valence-corrected chi connectivity index (χ3v) is 6.67. The van der Waals surface area contributed by atoms with Crippen LogP contribution in [0.3, 0.4) is 0 Å². The molecule has 0 saturated carbocycles. The van der Waals surface area contributed by atoms with Crippen molar-refractivity contribution in [3.05, 3.63) is 130 Å². The first-order valence-electron chi connectivity index (χ1n) is 12.2. The normalized spacial score (nSPS) is 13.9. The van der Waals surface area contributed by atoms with Gasteiger partial charge in [-0.25, -0.2) is 9.59 Å². The van der Waals surface area contributed by atoms with E-state index >= 15 is 0 Å². The minimum atomic E-state index is -0.576. The largest absolute Gasteiger partial charge is 0.423 e. The molecule has 0 aliphatic heterocycles. The van der Waals surface area contributed by atoms with E-state index in [2.05, 4.69) is 13.2 Å². The summed E-state index contributed by atoms with van der Waals surface area (Å²) in [5, 5.41) is 1.19. The van der Waals surface area contributed by atoms with Gasteiger partial charge in [0.05, 0.1) is 0 Å². The van der Waals surface area contributed by atoms with Crippen LogP contribution in [0, 0.1) is 6.92 Å². The summed E-state index contributed by atoms with van der Waals surface area (Å²) >= 11 is 0. The highest BCUT2D eigenvalue weighted by Crippen LogP contribution is 2.48. The predicted octanol–water partition coefficient (Wildman–Crippen LogP) is 6.84. The summed E-state index contributed by atoms with van der Waals surface area (Å²) in [5.74, 6) is -1.05. The summed E-state index contributed by atoms with van der Waals surface area (Å²) in [4.78, 5) is 39.0. The van der Waals surface area contributed by atoms with Gasteiger partial charge in [0.15, 0.2) is 5.78 Å². The van der Waals surface area contributed by atoms with E-state index in [1.807, 2.05) is 61.5 Å². The Labute approximate surface area is 221 Å². The molecule has 1 aliphatic carbocycles. The monoisotopic (exact) mass is 502 g/mol. The van der Waals surface area contributed by atoms with E-state index in [1.54, 1.807) is 32.0 Å². The van der Waals surface area contributed by atoms with Crippen LogP contribution < -0.4 is 9.47 Å². The van der Waals surface area contributed by atoms with Gasteiger partial charge in [0.1, 0.15) is 11.5 Å². The van der Waals surface area contributed by atoms with Crippen molar-refractivity contribution >= 4 is 28.5 Å². The van der Waals surface area contributed by atoms with E-state index in [-0.39, 0.29) is 16.9 Å². The zero-order valence-electron chi connectivity index (χ0n) is 21.5. The molecule has 188 valence electrons. The van der Waals surface area contributed by atoms with E-state index in [0.29, 0.717) is 39.0 Å². The van der Waals surface area contributed by atoms with Gasteiger partial charge in [-0.2, -0.15) is 0 Å². The maximum absolute atomic E-state index is 13.5. The minimum absolute atomic E-state index is 0.0675. The van der Waals surface area contributed by atoms with Gasteiger partial charge in [0.2, 0.25) is 0 Å². The molecule has 5 nitrogen and oxygen atoms in total. The van der Waals surface area contributed by atoms with Crippen molar-refractivity contribution in [2.45, 2.75) is 26.7 Å². The van der Waals surface area contributed by atoms with Crippen LogP contribution in [-0.2, 0) is 9.59 Å². The first kappa shape index (κ1) is 24.9. The van der Waals surface area contributed by atoms with Crippen molar-refractivity contribution in [1.82, 2.24) is 0 Å². The molecular weight excluding hydrogens is 476 g/mol. The van der Waals surface area contributed by atoms with Gasteiger partial charge in [-0.05, 0) is 38.0 Å². The number of carbonyl (C=O) groups is 3. The van der Waals surface area contributed by atoms with Crippen LogP contribution >= 0.6 is 0 Å². The van der Waals surface area contributed by atoms with Crippen molar-refractivity contribution in [3.8, 4) is 11.5 Å². The number of hydrogen-bond acceptors (Lipinski definition) is 5. The molecule has 0 bridgehead atoms. The van der Waals surface area contributed by atoms with Crippen LogP contribution in [-0.4, -0.2) is 17.7 Å². The summed E-state index contributed by atoms with van der Waals surface area (Å²) in [7, 11) is 0. The number of fused-ring (bicyclic) bond motifs is 3. The maximum atomic E-state index is 13.5. The lowest BCUT2D eigenvalue weighted by atomic mass is 9.73. The summed E-state index contributed by atoms with van der Waals surface area (Å²) in [5.41, 5.74) is 4.77. The molecule has 0 saturated heterocycles. The van der Waals surface area contributed by atoms with Crippen LogP contribution in [0.2, 0.25) is 0 Å². The Morgan fingerprint density at radius 1 is 0.711 bits per heavy atom. The van der Waals surface area contributed by atoms with Crippen LogP contribution in [0.4, 0.5) is 0 Å². The van der Waals surface area contributed by atoms with Gasteiger partial charge in [0, 0.05) is 44.5 Å². The average molecular weight is 503 g/mol. The number of hydrogen-bond donors (Lipinski definition) is 0. The molecule has 0 spiro atoms. The third kappa shape index (κ3) is 4.22. The van der Waals surface area contributed by atoms with Crippen LogP contribution in [0.15, 0.2) is 97.1 Å². The molecule has 0 fully saturated rings. The predicted molar refractivity (Wildman–Crippen MR) is 147 cm³/mol. The zero-order chi connectivity index (χ0) is 27.1. The van der Waals surface area contributed by atoms with Crippen LogP contribution in [0.5, 0.6) is 11.5 Å². The molecule has 1 aliphatic rings. The van der Waals surface area contributed by atoms with E-state index in [4.69, 9.17) is 9.47 Å². The van der Waals surface area contributed by atoms with E-state index < -0.39 is 17.9 Å². The molecule has 5 heteroatoms. The Balaban J connectivity index is 1.88. The Bertz CT molecular complexity index is 1690. The maximum Gasteiger partial charge on any atom is 0.338 e. The Hall–Kier alpha value is -4.77. The number of ketones is 1. The lowest BCUT2D eigenvalue weighted by Crippen LogP contribution is -2.22. The lowest BCUT2D eigenvalue weighted by Gasteiger charge is -2.30. The minimum Gasteiger partial charge on any atom is -0.423 e. The smallest absolute Gasteiger partial charge is 0.338 e. The van der Waals surface area contributed by atoms with Crippen LogP contribution in [0.25, 0.3) is 10.8 Å². The lowest BCUT2D eigenvalue weighted by molar-refractivity contribution is -0.131. The topological polar surface area (TPSA) is 69.7 Å². The first-order chi connectivity index (χ1) is 18.2. The molecule has 4 aromatic carbocycles. The molecule has 0 amide bonds. The average Bonchev–Trinajstić information content (AvgIpc) is 2.90. The molecule has 4 aromatic rings. The number of benzene rings is 4. The molecular formula is C33H26O5. The molecule has 0 radical (unpaired) electrons. The van der Waals surface area contributed by atoms with E-state index in [0.717, 1.165) is 16.7 Å². The number of rotatable bonds is 5. The third-order valence-electron chi connectivity index (χ3n) is 6.67. The first-order valence-corrected chi connectivity index (χ1v) is 12.2. The number of carbonyl (C=O) groups excluding carboxylic acids is 3. The van der Waals surface area contributed by atoms with E-state index in [1.165, 1.54) is 0 Å². The molecule has 0 N–H and O–H groups in total. The van der Waals surface area contributed by atoms with Gasteiger partial charge in [0.25, 0.3) is 0 Å².